The predicted octanol–water partition coefficient (Wildman–Crippen LogP) is 3.85. The molecule has 0 unspecified atom stereocenters. The van der Waals surface area contributed by atoms with Crippen LogP contribution in [0.1, 0.15) is 32.7 Å². The topological polar surface area (TPSA) is 97.0 Å². The largest absolute Gasteiger partial charge is 0.469 e. The second-order valence-electron chi connectivity index (χ2n) is 7.37. The van der Waals surface area contributed by atoms with Gasteiger partial charge in [-0.25, -0.2) is 0 Å². The molecule has 0 aliphatic carbocycles. The van der Waals surface area contributed by atoms with Gasteiger partial charge in [-0.2, -0.15) is 5.10 Å². The number of esters is 1. The number of carbonyl (C=O) groups is 2. The molecule has 4 aromatic rings. The average Bonchev–Trinajstić information content (AvgIpc) is 3.21. The van der Waals surface area contributed by atoms with Gasteiger partial charge in [0.15, 0.2) is 0 Å². The van der Waals surface area contributed by atoms with Crippen LogP contribution in [0.15, 0.2) is 60.9 Å². The first kappa shape index (κ1) is 21.5. The fraction of sp³-hybridized carbons (Fsp3) is 0.167. The van der Waals surface area contributed by atoms with Crippen LogP contribution in [-0.2, 0) is 28.9 Å². The Morgan fingerprint density at radius 2 is 1.81 bits per heavy atom. The Balaban J connectivity index is 1.40. The van der Waals surface area contributed by atoms with Crippen molar-refractivity contribution in [3.8, 4) is 0 Å². The van der Waals surface area contributed by atoms with Gasteiger partial charge in [-0.1, -0.05) is 35.9 Å². The van der Waals surface area contributed by atoms with E-state index in [0.29, 0.717) is 22.7 Å². The van der Waals surface area contributed by atoms with Gasteiger partial charge in [-0.3, -0.25) is 19.7 Å². The molecule has 0 bridgehead atoms. The summed E-state index contributed by atoms with van der Waals surface area (Å²) in [4.78, 5) is 28.3. The number of methoxy groups -OCH3 is 1. The third kappa shape index (κ3) is 5.12. The van der Waals surface area contributed by atoms with Crippen LogP contribution >= 0.6 is 11.6 Å². The third-order valence-electron chi connectivity index (χ3n) is 5.08. The molecule has 7 nitrogen and oxygen atoms in total. The molecule has 1 amide bonds. The average molecular weight is 449 g/mol. The summed E-state index contributed by atoms with van der Waals surface area (Å²) in [6.45, 7) is 0.269. The summed E-state index contributed by atoms with van der Waals surface area (Å²) in [5.74, 6) is -0.502. The maximum Gasteiger partial charge on any atom is 0.309 e. The first-order chi connectivity index (χ1) is 15.5. The standard InChI is InChI=1S/C24H21ClN4O3/c1-32-23(30)10-16-4-2-15(3-5-16)8-17-9-18(13-26-12-17)24(31)27-14-22-20-11-19(25)6-7-21(20)28-29-22/h2-7,9,11-13H,8,10,14H2,1H3,(H,27,31)(H,28,29). The maximum absolute atomic E-state index is 12.7. The highest BCUT2D eigenvalue weighted by molar-refractivity contribution is 6.31. The van der Waals surface area contributed by atoms with Crippen LogP contribution < -0.4 is 5.32 Å². The van der Waals surface area contributed by atoms with Crippen LogP contribution in [0.2, 0.25) is 5.02 Å². The number of hydrogen-bond acceptors (Lipinski definition) is 5. The van der Waals surface area contributed by atoms with E-state index in [0.717, 1.165) is 27.6 Å². The van der Waals surface area contributed by atoms with Crippen molar-refractivity contribution in [2.45, 2.75) is 19.4 Å². The van der Waals surface area contributed by atoms with E-state index in [4.69, 9.17) is 11.6 Å². The normalized spacial score (nSPS) is 10.8. The van der Waals surface area contributed by atoms with E-state index in [2.05, 4.69) is 25.2 Å². The molecule has 4 rings (SSSR count). The zero-order valence-corrected chi connectivity index (χ0v) is 18.1. The fourth-order valence-electron chi connectivity index (χ4n) is 3.40. The van der Waals surface area contributed by atoms with E-state index in [-0.39, 0.29) is 24.8 Å². The molecule has 8 heteroatoms. The van der Waals surface area contributed by atoms with Crippen molar-refractivity contribution in [1.82, 2.24) is 20.5 Å². The summed E-state index contributed by atoms with van der Waals surface area (Å²) in [7, 11) is 1.37. The van der Waals surface area contributed by atoms with Gasteiger partial charge in [0.25, 0.3) is 5.91 Å². The number of halogens is 1. The highest BCUT2D eigenvalue weighted by Crippen LogP contribution is 2.20. The highest BCUT2D eigenvalue weighted by Gasteiger charge is 2.11. The SMILES string of the molecule is COC(=O)Cc1ccc(Cc2cncc(C(=O)NCc3n[nH]c4ccc(Cl)cc34)c2)cc1. The van der Waals surface area contributed by atoms with Crippen molar-refractivity contribution in [2.24, 2.45) is 0 Å². The van der Waals surface area contributed by atoms with E-state index in [1.54, 1.807) is 12.3 Å². The molecule has 0 spiro atoms. The predicted molar refractivity (Wildman–Crippen MR) is 121 cm³/mol. The van der Waals surface area contributed by atoms with Gasteiger partial charge in [0.05, 0.1) is 36.8 Å². The number of hydrogen-bond donors (Lipinski definition) is 2. The number of carbonyl (C=O) groups excluding carboxylic acids is 2. The number of benzene rings is 2. The molecule has 2 N–H and O–H groups in total. The zero-order chi connectivity index (χ0) is 22.5. The number of fused-ring (bicyclic) bond motifs is 1. The second-order valence-corrected chi connectivity index (χ2v) is 7.81. The molecule has 0 radical (unpaired) electrons. The molecule has 32 heavy (non-hydrogen) atoms. The minimum Gasteiger partial charge on any atom is -0.469 e. The van der Waals surface area contributed by atoms with Crippen molar-refractivity contribution in [1.29, 1.82) is 0 Å². The number of aromatic nitrogens is 3. The number of rotatable bonds is 7. The Kier molecular flexibility index (Phi) is 6.47. The lowest BCUT2D eigenvalue weighted by Crippen LogP contribution is -2.23. The Bertz CT molecular complexity index is 1270. The molecule has 0 atom stereocenters. The maximum atomic E-state index is 12.7. The van der Waals surface area contributed by atoms with Crippen LogP contribution in [0, 0.1) is 0 Å². The molecule has 2 aromatic carbocycles. The number of aromatic amines is 1. The quantitative estimate of drug-likeness (QED) is 0.418. The highest BCUT2D eigenvalue weighted by atomic mass is 35.5. The van der Waals surface area contributed by atoms with Gasteiger partial charge < -0.3 is 10.1 Å². The number of ether oxygens (including phenoxy) is 1. The summed E-state index contributed by atoms with van der Waals surface area (Å²) < 4.78 is 4.69. The van der Waals surface area contributed by atoms with E-state index < -0.39 is 0 Å². The smallest absolute Gasteiger partial charge is 0.309 e. The summed E-state index contributed by atoms with van der Waals surface area (Å²) in [6, 6.07) is 15.0. The summed E-state index contributed by atoms with van der Waals surface area (Å²) in [5.41, 5.74) is 4.90. The van der Waals surface area contributed by atoms with Crippen molar-refractivity contribution in [3.63, 3.8) is 0 Å². The Labute approximate surface area is 189 Å². The molecule has 162 valence electrons. The van der Waals surface area contributed by atoms with E-state index in [1.165, 1.54) is 13.3 Å². The Hall–Kier alpha value is -3.71. The molecule has 0 aliphatic rings. The van der Waals surface area contributed by atoms with Gasteiger partial charge in [0, 0.05) is 22.8 Å². The number of nitrogens with zero attached hydrogens (tertiary/aromatic N) is 2. The van der Waals surface area contributed by atoms with E-state index in [1.807, 2.05) is 42.5 Å². The summed E-state index contributed by atoms with van der Waals surface area (Å²) >= 11 is 6.07. The third-order valence-corrected chi connectivity index (χ3v) is 5.32. The van der Waals surface area contributed by atoms with Crippen molar-refractivity contribution >= 4 is 34.4 Å². The molecular formula is C24H21ClN4O3. The molecule has 0 saturated carbocycles. The van der Waals surface area contributed by atoms with Crippen LogP contribution in [0.5, 0.6) is 0 Å². The lowest BCUT2D eigenvalue weighted by atomic mass is 10.0. The number of H-pyrrole nitrogens is 1. The monoisotopic (exact) mass is 448 g/mol. The van der Waals surface area contributed by atoms with E-state index in [9.17, 15) is 9.59 Å². The molecule has 0 aliphatic heterocycles. The number of nitrogens with one attached hydrogen (secondary N) is 2. The molecule has 0 saturated heterocycles. The minimum absolute atomic E-state index is 0.231. The van der Waals surface area contributed by atoms with Gasteiger partial charge in [-0.05, 0) is 47.4 Å². The van der Waals surface area contributed by atoms with Crippen LogP contribution in [0.25, 0.3) is 10.9 Å². The van der Waals surface area contributed by atoms with Crippen LogP contribution in [-0.4, -0.2) is 34.2 Å². The summed E-state index contributed by atoms with van der Waals surface area (Å²) in [6.07, 6.45) is 4.14. The first-order valence-corrected chi connectivity index (χ1v) is 10.4. The van der Waals surface area contributed by atoms with Gasteiger partial charge in [0.2, 0.25) is 0 Å². The number of pyridine rings is 1. The van der Waals surface area contributed by atoms with Crippen molar-refractivity contribution in [2.75, 3.05) is 7.11 Å². The first-order valence-electron chi connectivity index (χ1n) is 10.0. The second kappa shape index (κ2) is 9.62. The molecule has 0 fully saturated rings. The Morgan fingerprint density at radius 3 is 2.59 bits per heavy atom. The summed E-state index contributed by atoms with van der Waals surface area (Å²) in [5, 5.41) is 11.6. The van der Waals surface area contributed by atoms with Crippen LogP contribution in [0.4, 0.5) is 0 Å². The fourth-order valence-corrected chi connectivity index (χ4v) is 3.57. The van der Waals surface area contributed by atoms with Crippen molar-refractivity contribution in [3.05, 3.63) is 93.9 Å². The van der Waals surface area contributed by atoms with Crippen LogP contribution in [0.3, 0.4) is 0 Å². The molecular weight excluding hydrogens is 428 g/mol. The molecule has 2 aromatic heterocycles. The zero-order valence-electron chi connectivity index (χ0n) is 17.4. The molecule has 2 heterocycles. The minimum atomic E-state index is -0.272. The van der Waals surface area contributed by atoms with Gasteiger partial charge in [0.1, 0.15) is 0 Å². The number of amides is 1. The lowest BCUT2D eigenvalue weighted by Gasteiger charge is -2.07. The van der Waals surface area contributed by atoms with Crippen molar-refractivity contribution < 1.29 is 14.3 Å². The lowest BCUT2D eigenvalue weighted by molar-refractivity contribution is -0.139. The van der Waals surface area contributed by atoms with Gasteiger partial charge >= 0.3 is 5.97 Å². The van der Waals surface area contributed by atoms with Gasteiger partial charge in [-0.15, -0.1) is 0 Å². The Morgan fingerprint density at radius 1 is 1.03 bits per heavy atom. The van der Waals surface area contributed by atoms with E-state index >= 15 is 0 Å².